The van der Waals surface area contributed by atoms with Gasteiger partial charge in [0.15, 0.2) is 0 Å². The van der Waals surface area contributed by atoms with E-state index in [4.69, 9.17) is 0 Å². The fourth-order valence-corrected chi connectivity index (χ4v) is 3.00. The summed E-state index contributed by atoms with van der Waals surface area (Å²) >= 11 is 0. The molecule has 0 amide bonds. The van der Waals surface area contributed by atoms with Gasteiger partial charge >= 0.3 is 0 Å². The van der Waals surface area contributed by atoms with Crippen LogP contribution in [0, 0.1) is 0 Å². The van der Waals surface area contributed by atoms with Crippen molar-refractivity contribution in [3.8, 4) is 0 Å². The molecule has 0 aromatic rings. The third-order valence-corrected chi connectivity index (χ3v) is 4.58. The summed E-state index contributed by atoms with van der Waals surface area (Å²) in [6, 6.07) is -1.15. The summed E-state index contributed by atoms with van der Waals surface area (Å²) in [5, 5.41) is 23.9. The first-order valence-corrected chi connectivity index (χ1v) is 10.2. The van der Waals surface area contributed by atoms with E-state index in [2.05, 4.69) is 12.2 Å². The van der Waals surface area contributed by atoms with Crippen molar-refractivity contribution in [3.63, 3.8) is 0 Å². The number of carbonyl (C=O) groups is 2. The molecule has 0 aromatic heterocycles. The summed E-state index contributed by atoms with van der Waals surface area (Å²) in [4.78, 5) is 21.2. The third kappa shape index (κ3) is 17.5. The Morgan fingerprint density at radius 3 is 1.48 bits per heavy atom. The van der Waals surface area contributed by atoms with Crippen molar-refractivity contribution in [1.29, 1.82) is 0 Å². The molecule has 0 saturated carbocycles. The van der Waals surface area contributed by atoms with E-state index in [1.165, 1.54) is 70.6 Å². The number of aliphatic carboxylic acids is 2. The van der Waals surface area contributed by atoms with E-state index in [0.717, 1.165) is 19.3 Å². The largest absolute Gasteiger partial charge is 0.550 e. The van der Waals surface area contributed by atoms with E-state index in [-0.39, 0.29) is 0 Å². The topological polar surface area (TPSA) is 92.3 Å². The number of carboxylic acids is 2. The molecule has 0 rings (SSSR count). The van der Waals surface area contributed by atoms with E-state index < -0.39 is 24.4 Å². The minimum Gasteiger partial charge on any atom is -0.550 e. The van der Waals surface area contributed by atoms with Gasteiger partial charge in [-0.3, -0.25) is 0 Å². The Morgan fingerprint density at radius 1 is 0.720 bits per heavy atom. The number of unbranched alkanes of at least 4 members (excludes halogenated alkanes) is 13. The lowest BCUT2D eigenvalue weighted by molar-refractivity contribution is -0.317. The van der Waals surface area contributed by atoms with Gasteiger partial charge in [0.25, 0.3) is 0 Å². The highest BCUT2D eigenvalue weighted by molar-refractivity contribution is 5.78. The van der Waals surface area contributed by atoms with Gasteiger partial charge in [0.1, 0.15) is 0 Å². The van der Waals surface area contributed by atoms with Gasteiger partial charge in [0.2, 0.25) is 0 Å². The number of carbonyl (C=O) groups excluding carboxylic acids is 2. The molecule has 0 fully saturated rings. The van der Waals surface area contributed by atoms with E-state index in [9.17, 15) is 19.8 Å². The van der Waals surface area contributed by atoms with Crippen LogP contribution in [0.3, 0.4) is 0 Å². The monoisotopic (exact) mass is 355 g/mol. The zero-order valence-electron chi connectivity index (χ0n) is 16.0. The lowest BCUT2D eigenvalue weighted by Crippen LogP contribution is -2.48. The van der Waals surface area contributed by atoms with Crippen molar-refractivity contribution in [2.45, 2.75) is 109 Å². The summed E-state index contributed by atoms with van der Waals surface area (Å²) in [5.41, 5.74) is 0. The smallest absolute Gasteiger partial charge is 0.0588 e. The van der Waals surface area contributed by atoms with Crippen molar-refractivity contribution < 1.29 is 19.8 Å². The lowest BCUT2D eigenvalue weighted by Gasteiger charge is -2.20. The van der Waals surface area contributed by atoms with Gasteiger partial charge in [-0.1, -0.05) is 90.4 Å². The van der Waals surface area contributed by atoms with Crippen LogP contribution in [-0.4, -0.2) is 24.5 Å². The van der Waals surface area contributed by atoms with Gasteiger partial charge in [0.05, 0.1) is 12.0 Å². The molecular formula is C20H37NO4-2. The molecule has 0 aliphatic carbocycles. The fraction of sp³-hybridized carbons (Fsp3) is 0.900. The van der Waals surface area contributed by atoms with Crippen LogP contribution in [0.5, 0.6) is 0 Å². The maximum Gasteiger partial charge on any atom is 0.0588 e. The minimum atomic E-state index is -1.38. The molecule has 5 heteroatoms. The molecule has 0 aliphatic rings. The molecule has 0 heterocycles. The van der Waals surface area contributed by atoms with Crippen molar-refractivity contribution >= 4 is 11.9 Å². The number of carboxylic acid groups (broad SMARTS) is 2. The average molecular weight is 356 g/mol. The Labute approximate surface area is 153 Å². The van der Waals surface area contributed by atoms with Gasteiger partial charge in [-0.05, 0) is 13.0 Å². The summed E-state index contributed by atoms with van der Waals surface area (Å²) in [7, 11) is 0. The SMILES string of the molecule is CCCCCCCCCCCCCCCCNC(CC(=O)[O-])C(=O)[O-]. The molecule has 1 atom stereocenters. The molecule has 1 N–H and O–H groups in total. The van der Waals surface area contributed by atoms with Gasteiger partial charge in [-0.2, -0.15) is 0 Å². The number of hydrogen-bond acceptors (Lipinski definition) is 5. The number of hydrogen-bond donors (Lipinski definition) is 1. The highest BCUT2D eigenvalue weighted by Gasteiger charge is 2.08. The predicted octanol–water partition coefficient (Wildman–Crippen LogP) is 2.32. The highest BCUT2D eigenvalue weighted by atomic mass is 16.4. The van der Waals surface area contributed by atoms with Gasteiger partial charge in [-0.15, -0.1) is 0 Å². The number of nitrogens with one attached hydrogen (secondary N) is 1. The Balaban J connectivity index is 3.28. The standard InChI is InChI=1S/C20H39NO4/c1-2-3-4-5-6-7-8-9-10-11-12-13-14-15-16-21-18(20(24)25)17-19(22)23/h18,21H,2-17H2,1H3,(H,22,23)(H,24,25)/p-2. The van der Waals surface area contributed by atoms with Gasteiger partial charge in [0, 0.05) is 12.4 Å². The van der Waals surface area contributed by atoms with E-state index in [1.54, 1.807) is 0 Å². The highest BCUT2D eigenvalue weighted by Crippen LogP contribution is 2.12. The Morgan fingerprint density at radius 2 is 1.12 bits per heavy atom. The Hall–Kier alpha value is -1.10. The molecule has 5 nitrogen and oxygen atoms in total. The summed E-state index contributed by atoms with van der Waals surface area (Å²) in [5.74, 6) is -2.75. The van der Waals surface area contributed by atoms with Crippen LogP contribution < -0.4 is 15.5 Å². The quantitative estimate of drug-likeness (QED) is 0.359. The Kier molecular flexibility index (Phi) is 16.9. The Bertz CT molecular complexity index is 334. The summed E-state index contributed by atoms with van der Waals surface area (Å²) in [6.45, 7) is 2.75. The van der Waals surface area contributed by atoms with Gasteiger partial charge < -0.3 is 25.1 Å². The minimum absolute atomic E-state index is 0.504. The summed E-state index contributed by atoms with van der Waals surface area (Å²) in [6.07, 6.45) is 17.2. The molecule has 0 spiro atoms. The van der Waals surface area contributed by atoms with E-state index >= 15 is 0 Å². The second-order valence-corrected chi connectivity index (χ2v) is 7.00. The lowest BCUT2D eigenvalue weighted by atomic mass is 10.0. The zero-order valence-corrected chi connectivity index (χ0v) is 16.0. The van der Waals surface area contributed by atoms with E-state index in [1.807, 2.05) is 0 Å². The van der Waals surface area contributed by atoms with Crippen LogP contribution in [0.25, 0.3) is 0 Å². The van der Waals surface area contributed by atoms with Gasteiger partial charge in [-0.25, -0.2) is 0 Å². The van der Waals surface area contributed by atoms with Crippen LogP contribution in [0.4, 0.5) is 0 Å². The molecule has 0 bridgehead atoms. The van der Waals surface area contributed by atoms with Crippen LogP contribution in [0.15, 0.2) is 0 Å². The second-order valence-electron chi connectivity index (χ2n) is 7.00. The molecular weight excluding hydrogens is 318 g/mol. The molecule has 25 heavy (non-hydrogen) atoms. The van der Waals surface area contributed by atoms with Crippen LogP contribution in [0.2, 0.25) is 0 Å². The first-order chi connectivity index (χ1) is 12.1. The molecule has 1 unspecified atom stereocenters. The zero-order chi connectivity index (χ0) is 18.8. The van der Waals surface area contributed by atoms with E-state index in [0.29, 0.717) is 6.54 Å². The fourth-order valence-electron chi connectivity index (χ4n) is 3.00. The molecule has 0 aliphatic heterocycles. The van der Waals surface area contributed by atoms with Crippen molar-refractivity contribution in [2.75, 3.05) is 6.54 Å². The first-order valence-electron chi connectivity index (χ1n) is 10.2. The second kappa shape index (κ2) is 17.7. The molecule has 0 aromatic carbocycles. The number of rotatable bonds is 19. The van der Waals surface area contributed by atoms with Crippen molar-refractivity contribution in [1.82, 2.24) is 5.32 Å². The molecule has 0 saturated heterocycles. The molecule has 148 valence electrons. The average Bonchev–Trinajstić information content (AvgIpc) is 2.56. The predicted molar refractivity (Wildman–Crippen MR) is 96.7 cm³/mol. The van der Waals surface area contributed by atoms with Crippen molar-refractivity contribution in [3.05, 3.63) is 0 Å². The van der Waals surface area contributed by atoms with Crippen LogP contribution >= 0.6 is 0 Å². The normalized spacial score (nSPS) is 12.2. The maximum absolute atomic E-state index is 10.7. The van der Waals surface area contributed by atoms with Crippen LogP contribution in [0.1, 0.15) is 103 Å². The first kappa shape index (κ1) is 23.9. The third-order valence-electron chi connectivity index (χ3n) is 4.58. The molecule has 0 radical (unpaired) electrons. The maximum atomic E-state index is 10.7. The summed E-state index contributed by atoms with van der Waals surface area (Å²) < 4.78 is 0. The van der Waals surface area contributed by atoms with Crippen LogP contribution in [-0.2, 0) is 9.59 Å². The van der Waals surface area contributed by atoms with Crippen molar-refractivity contribution in [2.24, 2.45) is 0 Å².